The molecular weight excluding hydrogens is 246 g/mol. The standard InChI is InChI=1S/C14H19NO2S/c1-11-14(12-5-3-2-4-6-12)15(9-10-18-11)8-7-13(16)17/h2-6,11,14H,7-10H2,1H3,(H,16,17). The summed E-state index contributed by atoms with van der Waals surface area (Å²) in [5.74, 6) is 0.372. The van der Waals surface area contributed by atoms with Gasteiger partial charge >= 0.3 is 5.97 Å². The first-order valence-corrected chi connectivity index (χ1v) is 7.36. The van der Waals surface area contributed by atoms with Crippen molar-refractivity contribution in [3.05, 3.63) is 35.9 Å². The van der Waals surface area contributed by atoms with Crippen molar-refractivity contribution in [3.63, 3.8) is 0 Å². The third-order valence-electron chi connectivity index (χ3n) is 3.35. The molecule has 1 aliphatic heterocycles. The summed E-state index contributed by atoms with van der Waals surface area (Å²) in [4.78, 5) is 13.0. The third-order valence-corrected chi connectivity index (χ3v) is 4.55. The number of nitrogens with zero attached hydrogens (tertiary/aromatic N) is 1. The normalized spacial score (nSPS) is 24.9. The van der Waals surface area contributed by atoms with Crippen LogP contribution in [0.5, 0.6) is 0 Å². The van der Waals surface area contributed by atoms with Crippen LogP contribution >= 0.6 is 11.8 Å². The monoisotopic (exact) mass is 265 g/mol. The first-order valence-electron chi connectivity index (χ1n) is 6.31. The zero-order valence-electron chi connectivity index (χ0n) is 10.6. The Kier molecular flexibility index (Phi) is 4.66. The zero-order chi connectivity index (χ0) is 13.0. The SMILES string of the molecule is CC1SCCN(CCC(=O)O)C1c1ccccc1. The van der Waals surface area contributed by atoms with E-state index in [2.05, 4.69) is 36.1 Å². The summed E-state index contributed by atoms with van der Waals surface area (Å²) in [6.45, 7) is 3.84. The van der Waals surface area contributed by atoms with Crippen LogP contribution in [0, 0.1) is 0 Å². The average molecular weight is 265 g/mol. The maximum Gasteiger partial charge on any atom is 0.304 e. The molecule has 1 heterocycles. The van der Waals surface area contributed by atoms with E-state index in [4.69, 9.17) is 5.11 Å². The van der Waals surface area contributed by atoms with Gasteiger partial charge in [-0.2, -0.15) is 11.8 Å². The molecule has 18 heavy (non-hydrogen) atoms. The molecule has 0 amide bonds. The number of carboxylic acids is 1. The molecule has 1 fully saturated rings. The van der Waals surface area contributed by atoms with Crippen LogP contribution in [0.4, 0.5) is 0 Å². The number of rotatable bonds is 4. The number of carbonyl (C=O) groups is 1. The topological polar surface area (TPSA) is 40.5 Å². The molecule has 2 rings (SSSR count). The molecule has 2 unspecified atom stereocenters. The van der Waals surface area contributed by atoms with Gasteiger partial charge in [-0.3, -0.25) is 9.69 Å². The van der Waals surface area contributed by atoms with Gasteiger partial charge in [0.1, 0.15) is 0 Å². The Hall–Kier alpha value is -1.00. The minimum atomic E-state index is -0.715. The Balaban J connectivity index is 2.13. The molecule has 0 saturated carbocycles. The molecule has 1 aliphatic rings. The van der Waals surface area contributed by atoms with Crippen molar-refractivity contribution in [2.24, 2.45) is 0 Å². The second-order valence-electron chi connectivity index (χ2n) is 4.61. The second-order valence-corrected chi connectivity index (χ2v) is 6.10. The van der Waals surface area contributed by atoms with Crippen LogP contribution in [0.2, 0.25) is 0 Å². The first kappa shape index (κ1) is 13.4. The van der Waals surface area contributed by atoms with Gasteiger partial charge in [0.15, 0.2) is 0 Å². The van der Waals surface area contributed by atoms with E-state index in [1.807, 2.05) is 17.8 Å². The summed E-state index contributed by atoms with van der Waals surface area (Å²) in [6, 6.07) is 10.7. The average Bonchev–Trinajstić information content (AvgIpc) is 2.37. The van der Waals surface area contributed by atoms with E-state index in [-0.39, 0.29) is 6.42 Å². The Labute approximate surface area is 112 Å². The fraction of sp³-hybridized carbons (Fsp3) is 0.500. The molecule has 1 saturated heterocycles. The van der Waals surface area contributed by atoms with Crippen LogP contribution in [0.25, 0.3) is 0 Å². The van der Waals surface area contributed by atoms with E-state index < -0.39 is 5.97 Å². The van der Waals surface area contributed by atoms with Gasteiger partial charge in [-0.25, -0.2) is 0 Å². The van der Waals surface area contributed by atoms with Gasteiger partial charge in [-0.15, -0.1) is 0 Å². The summed E-state index contributed by atoms with van der Waals surface area (Å²) < 4.78 is 0. The minimum absolute atomic E-state index is 0.223. The second kappa shape index (κ2) is 6.25. The predicted octanol–water partition coefficient (Wildman–Crippen LogP) is 2.64. The van der Waals surface area contributed by atoms with Crippen molar-refractivity contribution in [2.75, 3.05) is 18.8 Å². The highest BCUT2D eigenvalue weighted by molar-refractivity contribution is 8.00. The maximum atomic E-state index is 10.7. The fourth-order valence-corrected chi connectivity index (χ4v) is 3.73. The van der Waals surface area contributed by atoms with Gasteiger partial charge in [-0.05, 0) is 5.56 Å². The third kappa shape index (κ3) is 3.27. The molecule has 0 spiro atoms. The van der Waals surface area contributed by atoms with E-state index in [0.717, 1.165) is 12.3 Å². The molecule has 0 bridgehead atoms. The molecule has 0 aliphatic carbocycles. The number of thioether (sulfide) groups is 1. The lowest BCUT2D eigenvalue weighted by atomic mass is 10.0. The molecule has 1 aromatic carbocycles. The van der Waals surface area contributed by atoms with Gasteiger partial charge < -0.3 is 5.11 Å². The number of aliphatic carboxylic acids is 1. The van der Waals surface area contributed by atoms with Crippen LogP contribution in [0.1, 0.15) is 24.9 Å². The molecule has 1 aromatic rings. The highest BCUT2D eigenvalue weighted by Crippen LogP contribution is 2.35. The van der Waals surface area contributed by atoms with Crippen molar-refractivity contribution in [1.29, 1.82) is 0 Å². The fourth-order valence-electron chi connectivity index (χ4n) is 2.51. The summed E-state index contributed by atoms with van der Waals surface area (Å²) in [6.07, 6.45) is 0.223. The van der Waals surface area contributed by atoms with Crippen molar-refractivity contribution < 1.29 is 9.90 Å². The lowest BCUT2D eigenvalue weighted by molar-refractivity contribution is -0.137. The molecule has 0 aromatic heterocycles. The van der Waals surface area contributed by atoms with Gasteiger partial charge in [-0.1, -0.05) is 37.3 Å². The molecule has 4 heteroatoms. The highest BCUT2D eigenvalue weighted by atomic mass is 32.2. The van der Waals surface area contributed by atoms with Gasteiger partial charge in [0.2, 0.25) is 0 Å². The van der Waals surface area contributed by atoms with Crippen LogP contribution in [0.3, 0.4) is 0 Å². The van der Waals surface area contributed by atoms with Crippen LogP contribution in [-0.4, -0.2) is 40.1 Å². The van der Waals surface area contributed by atoms with Crippen molar-refractivity contribution >= 4 is 17.7 Å². The Morgan fingerprint density at radius 2 is 2.17 bits per heavy atom. The first-order chi connectivity index (χ1) is 8.68. The van der Waals surface area contributed by atoms with Gasteiger partial charge in [0, 0.05) is 30.1 Å². The Morgan fingerprint density at radius 1 is 1.44 bits per heavy atom. The summed E-state index contributed by atoms with van der Waals surface area (Å²) in [7, 11) is 0. The summed E-state index contributed by atoms with van der Waals surface area (Å²) in [5, 5.41) is 9.34. The van der Waals surface area contributed by atoms with E-state index in [1.54, 1.807) is 0 Å². The molecule has 98 valence electrons. The molecular formula is C14H19NO2S. The van der Waals surface area contributed by atoms with E-state index in [0.29, 0.717) is 17.8 Å². The predicted molar refractivity (Wildman–Crippen MR) is 74.9 cm³/mol. The van der Waals surface area contributed by atoms with Crippen molar-refractivity contribution in [2.45, 2.75) is 24.6 Å². The largest absolute Gasteiger partial charge is 0.481 e. The smallest absolute Gasteiger partial charge is 0.304 e. The van der Waals surface area contributed by atoms with Crippen LogP contribution < -0.4 is 0 Å². The number of hydrogen-bond acceptors (Lipinski definition) is 3. The maximum absolute atomic E-state index is 10.7. The van der Waals surface area contributed by atoms with E-state index in [9.17, 15) is 4.79 Å². The molecule has 0 radical (unpaired) electrons. The van der Waals surface area contributed by atoms with Crippen molar-refractivity contribution in [3.8, 4) is 0 Å². The lowest BCUT2D eigenvalue weighted by Crippen LogP contribution is -2.41. The molecule has 2 atom stereocenters. The number of hydrogen-bond donors (Lipinski definition) is 1. The van der Waals surface area contributed by atoms with Crippen LogP contribution in [0.15, 0.2) is 30.3 Å². The summed E-state index contributed by atoms with van der Waals surface area (Å²) >= 11 is 1.97. The van der Waals surface area contributed by atoms with E-state index in [1.165, 1.54) is 5.56 Å². The highest BCUT2D eigenvalue weighted by Gasteiger charge is 2.30. The van der Waals surface area contributed by atoms with Gasteiger partial charge in [0.05, 0.1) is 6.42 Å². The van der Waals surface area contributed by atoms with Gasteiger partial charge in [0.25, 0.3) is 0 Å². The quantitative estimate of drug-likeness (QED) is 0.908. The molecule has 1 N–H and O–H groups in total. The molecule has 3 nitrogen and oxygen atoms in total. The Bertz CT molecular complexity index is 396. The van der Waals surface area contributed by atoms with E-state index >= 15 is 0 Å². The number of carboxylic acid groups (broad SMARTS) is 1. The van der Waals surface area contributed by atoms with Crippen molar-refractivity contribution in [1.82, 2.24) is 4.90 Å². The van der Waals surface area contributed by atoms with Crippen LogP contribution in [-0.2, 0) is 4.79 Å². The lowest BCUT2D eigenvalue weighted by Gasteiger charge is -2.39. The zero-order valence-corrected chi connectivity index (χ0v) is 11.4. The minimum Gasteiger partial charge on any atom is -0.481 e. The summed E-state index contributed by atoms with van der Waals surface area (Å²) in [5.41, 5.74) is 1.29. The Morgan fingerprint density at radius 3 is 2.83 bits per heavy atom. The number of benzene rings is 1.